The summed E-state index contributed by atoms with van der Waals surface area (Å²) in [5, 5.41) is 9.76. The summed E-state index contributed by atoms with van der Waals surface area (Å²) in [6, 6.07) is 8.42. The fourth-order valence-corrected chi connectivity index (χ4v) is 2.64. The Labute approximate surface area is 151 Å². The summed E-state index contributed by atoms with van der Waals surface area (Å²) in [6.07, 6.45) is 1.46. The molecular weight excluding hydrogens is 318 g/mol. The highest BCUT2D eigenvalue weighted by Crippen LogP contribution is 2.19. The summed E-state index contributed by atoms with van der Waals surface area (Å²) in [7, 11) is 0. The third-order valence-corrected chi connectivity index (χ3v) is 4.17. The first kappa shape index (κ1) is 21.0. The lowest BCUT2D eigenvalue weighted by molar-refractivity contribution is -0.143. The van der Waals surface area contributed by atoms with Crippen LogP contribution in [-0.4, -0.2) is 40.3 Å². The van der Waals surface area contributed by atoms with E-state index in [1.807, 2.05) is 30.3 Å². The minimum absolute atomic E-state index is 0.241. The molecule has 0 unspecified atom stereocenters. The summed E-state index contributed by atoms with van der Waals surface area (Å²) in [6.45, 7) is 9.84. The molecule has 1 atom stereocenters. The maximum Gasteiger partial charge on any atom is 0.411 e. The summed E-state index contributed by atoms with van der Waals surface area (Å²) in [5.74, 6) is -0.772. The number of hydrogen-bond donors (Lipinski definition) is 1. The quantitative estimate of drug-likeness (QED) is 0.757. The number of carbonyl (C=O) groups excluding carboxylic acids is 1. The zero-order valence-electron chi connectivity index (χ0n) is 16.0. The third-order valence-electron chi connectivity index (χ3n) is 4.17. The number of rotatable bonds is 8. The predicted octanol–water partition coefficient (Wildman–Crippen LogP) is 4.36. The summed E-state index contributed by atoms with van der Waals surface area (Å²) < 4.78 is 5.48. The minimum atomic E-state index is -1.01. The lowest BCUT2D eigenvalue weighted by atomic mass is 10.00. The van der Waals surface area contributed by atoms with Gasteiger partial charge >= 0.3 is 12.1 Å². The van der Waals surface area contributed by atoms with E-state index in [4.69, 9.17) is 4.74 Å². The van der Waals surface area contributed by atoms with Crippen LogP contribution in [0.1, 0.15) is 53.0 Å². The first-order valence-corrected chi connectivity index (χ1v) is 8.94. The number of ether oxygens (including phenoxy) is 1. The Kier molecular flexibility index (Phi) is 7.94. The first-order valence-electron chi connectivity index (χ1n) is 8.94. The van der Waals surface area contributed by atoms with Gasteiger partial charge in [0.05, 0.1) is 0 Å². The molecule has 0 aliphatic carbocycles. The van der Waals surface area contributed by atoms with E-state index in [0.717, 1.165) is 18.4 Å². The van der Waals surface area contributed by atoms with Gasteiger partial charge in [0.2, 0.25) is 0 Å². The molecule has 1 aromatic rings. The average molecular weight is 349 g/mol. The Morgan fingerprint density at radius 2 is 1.68 bits per heavy atom. The van der Waals surface area contributed by atoms with Crippen molar-refractivity contribution >= 4 is 12.1 Å². The number of carboxylic acids is 1. The number of carboxylic acid groups (broad SMARTS) is 1. The molecule has 1 amide bonds. The second-order valence-electron chi connectivity index (χ2n) is 7.36. The molecule has 5 heteroatoms. The number of nitrogens with zero attached hydrogens (tertiary/aromatic N) is 1. The Hall–Kier alpha value is -2.04. The van der Waals surface area contributed by atoms with Gasteiger partial charge in [0, 0.05) is 13.0 Å². The van der Waals surface area contributed by atoms with Crippen LogP contribution in [0.2, 0.25) is 0 Å². The van der Waals surface area contributed by atoms with Crippen LogP contribution >= 0.6 is 0 Å². The topological polar surface area (TPSA) is 66.8 Å². The fraction of sp³-hybridized carbons (Fsp3) is 0.600. The van der Waals surface area contributed by atoms with Gasteiger partial charge in [-0.2, -0.15) is 0 Å². The molecule has 0 heterocycles. The molecule has 0 bridgehead atoms. The standard InChI is InChI=1S/C20H31NO4/c1-6-15(7-2)14-21(19(24)25-20(3,4)5)17(18(22)23)13-16-11-9-8-10-12-16/h8-12,15,17H,6-7,13-14H2,1-5H3,(H,22,23)/t17-/m0/s1. The van der Waals surface area contributed by atoms with Crippen LogP contribution in [0.25, 0.3) is 0 Å². The van der Waals surface area contributed by atoms with Gasteiger partial charge in [-0.15, -0.1) is 0 Å². The molecule has 1 N–H and O–H groups in total. The number of aliphatic carboxylic acids is 1. The second kappa shape index (κ2) is 9.44. The second-order valence-corrected chi connectivity index (χ2v) is 7.36. The first-order chi connectivity index (χ1) is 11.7. The van der Waals surface area contributed by atoms with Crippen molar-refractivity contribution in [2.24, 2.45) is 5.92 Å². The SMILES string of the molecule is CCC(CC)CN(C(=O)OC(C)(C)C)[C@@H](Cc1ccccc1)C(=O)O. The van der Waals surface area contributed by atoms with Crippen LogP contribution in [0.15, 0.2) is 30.3 Å². The van der Waals surface area contributed by atoms with Gasteiger partial charge in [-0.25, -0.2) is 9.59 Å². The number of amides is 1. The third kappa shape index (κ3) is 7.16. The predicted molar refractivity (Wildman–Crippen MR) is 98.6 cm³/mol. The van der Waals surface area contributed by atoms with Crippen LogP contribution in [0.5, 0.6) is 0 Å². The smallest absolute Gasteiger partial charge is 0.411 e. The van der Waals surface area contributed by atoms with E-state index in [9.17, 15) is 14.7 Å². The number of carbonyl (C=O) groups is 2. The molecule has 0 radical (unpaired) electrons. The molecule has 0 aliphatic heterocycles. The van der Waals surface area contributed by atoms with Crippen molar-refractivity contribution in [1.82, 2.24) is 4.90 Å². The molecule has 1 rings (SSSR count). The van der Waals surface area contributed by atoms with Crippen molar-refractivity contribution in [3.8, 4) is 0 Å². The average Bonchev–Trinajstić information content (AvgIpc) is 2.53. The van der Waals surface area contributed by atoms with Gasteiger partial charge in [0.25, 0.3) is 0 Å². The van der Waals surface area contributed by atoms with Crippen molar-refractivity contribution in [2.75, 3.05) is 6.54 Å². The Morgan fingerprint density at radius 3 is 2.12 bits per heavy atom. The molecule has 0 saturated carbocycles. The molecule has 0 fully saturated rings. The zero-order valence-corrected chi connectivity index (χ0v) is 16.0. The van der Waals surface area contributed by atoms with Gasteiger partial charge in [0.1, 0.15) is 11.6 Å². The van der Waals surface area contributed by atoms with Crippen molar-refractivity contribution in [2.45, 2.75) is 65.5 Å². The lowest BCUT2D eigenvalue weighted by Gasteiger charge is -2.33. The lowest BCUT2D eigenvalue weighted by Crippen LogP contribution is -2.50. The van der Waals surface area contributed by atoms with Crippen LogP contribution < -0.4 is 0 Å². The number of benzene rings is 1. The van der Waals surface area contributed by atoms with Gasteiger partial charge in [-0.05, 0) is 32.3 Å². The molecule has 1 aromatic carbocycles. The highest BCUT2D eigenvalue weighted by Gasteiger charge is 2.34. The van der Waals surface area contributed by atoms with Crippen LogP contribution in [0, 0.1) is 5.92 Å². The Morgan fingerprint density at radius 1 is 1.12 bits per heavy atom. The summed E-state index contributed by atoms with van der Waals surface area (Å²) >= 11 is 0. The molecule has 25 heavy (non-hydrogen) atoms. The number of hydrogen-bond acceptors (Lipinski definition) is 3. The van der Waals surface area contributed by atoms with Gasteiger partial charge in [-0.1, -0.05) is 57.0 Å². The molecule has 0 spiro atoms. The molecule has 140 valence electrons. The van der Waals surface area contributed by atoms with Crippen LogP contribution in [-0.2, 0) is 16.0 Å². The molecule has 0 aromatic heterocycles. The van der Waals surface area contributed by atoms with Crippen LogP contribution in [0.4, 0.5) is 4.79 Å². The van der Waals surface area contributed by atoms with Gasteiger partial charge in [-0.3, -0.25) is 4.90 Å². The summed E-state index contributed by atoms with van der Waals surface area (Å²) in [4.78, 5) is 26.0. The highest BCUT2D eigenvalue weighted by molar-refractivity contribution is 5.80. The molecule has 0 saturated heterocycles. The van der Waals surface area contributed by atoms with E-state index in [1.54, 1.807) is 20.8 Å². The van der Waals surface area contributed by atoms with Crippen molar-refractivity contribution in [1.29, 1.82) is 0 Å². The monoisotopic (exact) mass is 349 g/mol. The Balaban J connectivity index is 3.10. The summed E-state index contributed by atoms with van der Waals surface area (Å²) in [5.41, 5.74) is 0.215. The van der Waals surface area contributed by atoms with Gasteiger partial charge in [0.15, 0.2) is 0 Å². The zero-order chi connectivity index (χ0) is 19.0. The van der Waals surface area contributed by atoms with E-state index < -0.39 is 23.7 Å². The van der Waals surface area contributed by atoms with Crippen molar-refractivity contribution < 1.29 is 19.4 Å². The van der Waals surface area contributed by atoms with Crippen LogP contribution in [0.3, 0.4) is 0 Å². The van der Waals surface area contributed by atoms with E-state index in [-0.39, 0.29) is 12.3 Å². The van der Waals surface area contributed by atoms with E-state index in [2.05, 4.69) is 13.8 Å². The minimum Gasteiger partial charge on any atom is -0.480 e. The van der Waals surface area contributed by atoms with E-state index in [1.165, 1.54) is 4.90 Å². The van der Waals surface area contributed by atoms with Crippen molar-refractivity contribution in [3.05, 3.63) is 35.9 Å². The van der Waals surface area contributed by atoms with E-state index >= 15 is 0 Å². The maximum atomic E-state index is 12.7. The molecule has 0 aliphatic rings. The largest absolute Gasteiger partial charge is 0.480 e. The van der Waals surface area contributed by atoms with Crippen molar-refractivity contribution in [3.63, 3.8) is 0 Å². The van der Waals surface area contributed by atoms with E-state index in [0.29, 0.717) is 6.54 Å². The molecule has 5 nitrogen and oxygen atoms in total. The Bertz CT molecular complexity index is 547. The molecular formula is C20H31NO4. The fourth-order valence-electron chi connectivity index (χ4n) is 2.64. The highest BCUT2D eigenvalue weighted by atomic mass is 16.6. The van der Waals surface area contributed by atoms with Gasteiger partial charge < -0.3 is 9.84 Å². The normalized spacial score (nSPS) is 12.7. The maximum absolute atomic E-state index is 12.7.